The maximum Gasteiger partial charge on any atom is 0.317 e. The molecule has 0 aliphatic heterocycles. The Balaban J connectivity index is 2.49. The van der Waals surface area contributed by atoms with E-state index in [1.165, 1.54) is 32.1 Å². The fourth-order valence-corrected chi connectivity index (χ4v) is 2.62. The Labute approximate surface area is 118 Å². The van der Waals surface area contributed by atoms with Crippen LogP contribution in [0.25, 0.3) is 0 Å². The van der Waals surface area contributed by atoms with Gasteiger partial charge in [-0.3, -0.25) is 0 Å². The number of rotatable bonds is 6. The lowest BCUT2D eigenvalue weighted by atomic mass is 9.89. The molecule has 4 heteroatoms. The fourth-order valence-electron chi connectivity index (χ4n) is 2.62. The maximum atomic E-state index is 12.2. The fraction of sp³-hybridized carbons (Fsp3) is 0.933. The van der Waals surface area contributed by atoms with Crippen LogP contribution in [0.4, 0.5) is 4.79 Å². The number of amides is 2. The standard InChI is InChI=1S/C15H31N3O/c1-13(2)16-15(19)18(11-10-17(3)4)12-14-8-6-5-7-9-14/h13-14H,5-12H2,1-4H3,(H,16,19). The van der Waals surface area contributed by atoms with Gasteiger partial charge in [0.15, 0.2) is 0 Å². The van der Waals surface area contributed by atoms with Crippen LogP contribution in [0.5, 0.6) is 0 Å². The molecule has 0 radical (unpaired) electrons. The van der Waals surface area contributed by atoms with Gasteiger partial charge in [-0.15, -0.1) is 0 Å². The smallest absolute Gasteiger partial charge is 0.317 e. The van der Waals surface area contributed by atoms with Gasteiger partial charge < -0.3 is 15.1 Å². The first-order valence-corrected chi connectivity index (χ1v) is 7.69. The normalized spacial score (nSPS) is 16.9. The van der Waals surface area contributed by atoms with Crippen LogP contribution in [-0.2, 0) is 0 Å². The molecular weight excluding hydrogens is 238 g/mol. The first-order valence-electron chi connectivity index (χ1n) is 7.69. The summed E-state index contributed by atoms with van der Waals surface area (Å²) in [7, 11) is 4.11. The maximum absolute atomic E-state index is 12.2. The second kappa shape index (κ2) is 8.41. The summed E-state index contributed by atoms with van der Waals surface area (Å²) in [5.41, 5.74) is 0. The first-order chi connectivity index (χ1) is 8.99. The van der Waals surface area contributed by atoms with E-state index >= 15 is 0 Å². The number of hydrogen-bond donors (Lipinski definition) is 1. The minimum absolute atomic E-state index is 0.0995. The molecular formula is C15H31N3O. The molecule has 0 bridgehead atoms. The largest absolute Gasteiger partial charge is 0.336 e. The predicted molar refractivity (Wildman–Crippen MR) is 80.4 cm³/mol. The van der Waals surface area contributed by atoms with E-state index in [1.807, 2.05) is 18.7 Å². The van der Waals surface area contributed by atoms with Gasteiger partial charge in [0.1, 0.15) is 0 Å². The van der Waals surface area contributed by atoms with E-state index in [1.54, 1.807) is 0 Å². The number of hydrogen-bond acceptors (Lipinski definition) is 2. The minimum Gasteiger partial charge on any atom is -0.336 e. The second-order valence-corrected chi connectivity index (χ2v) is 6.36. The van der Waals surface area contributed by atoms with Gasteiger partial charge >= 0.3 is 6.03 Å². The summed E-state index contributed by atoms with van der Waals surface area (Å²) in [5.74, 6) is 0.703. The van der Waals surface area contributed by atoms with Gasteiger partial charge in [0.25, 0.3) is 0 Å². The number of likely N-dealkylation sites (N-methyl/N-ethyl adjacent to an activating group) is 1. The Bertz CT molecular complexity index is 260. The van der Waals surface area contributed by atoms with Crippen molar-refractivity contribution in [3.63, 3.8) is 0 Å². The number of carbonyl (C=O) groups excluding carboxylic acids is 1. The second-order valence-electron chi connectivity index (χ2n) is 6.36. The van der Waals surface area contributed by atoms with E-state index in [0.29, 0.717) is 5.92 Å². The molecule has 112 valence electrons. The molecule has 1 fully saturated rings. The van der Waals surface area contributed by atoms with Crippen molar-refractivity contribution >= 4 is 6.03 Å². The van der Waals surface area contributed by atoms with Gasteiger partial charge in [0.2, 0.25) is 0 Å². The Kier molecular flexibility index (Phi) is 7.21. The van der Waals surface area contributed by atoms with Crippen LogP contribution in [0.3, 0.4) is 0 Å². The number of carbonyl (C=O) groups is 1. The van der Waals surface area contributed by atoms with Crippen molar-refractivity contribution in [2.45, 2.75) is 52.0 Å². The average Bonchev–Trinajstić information content (AvgIpc) is 2.34. The molecule has 0 heterocycles. The topological polar surface area (TPSA) is 35.6 Å². The summed E-state index contributed by atoms with van der Waals surface area (Å²) in [4.78, 5) is 16.4. The van der Waals surface area contributed by atoms with Crippen LogP contribution in [0, 0.1) is 5.92 Å². The van der Waals surface area contributed by atoms with Crippen LogP contribution in [0.2, 0.25) is 0 Å². The molecule has 1 N–H and O–H groups in total. The van der Waals surface area contributed by atoms with Gasteiger partial charge in [-0.25, -0.2) is 4.79 Å². The zero-order chi connectivity index (χ0) is 14.3. The molecule has 1 aliphatic rings. The molecule has 2 amide bonds. The summed E-state index contributed by atoms with van der Waals surface area (Å²) in [6.07, 6.45) is 6.60. The zero-order valence-electron chi connectivity index (χ0n) is 13.1. The van der Waals surface area contributed by atoms with Gasteiger partial charge in [-0.2, -0.15) is 0 Å². The molecule has 0 aromatic heterocycles. The van der Waals surface area contributed by atoms with Gasteiger partial charge in [-0.05, 0) is 46.7 Å². The summed E-state index contributed by atoms with van der Waals surface area (Å²) in [6, 6.07) is 0.308. The van der Waals surface area contributed by atoms with Crippen molar-refractivity contribution in [3.8, 4) is 0 Å². The van der Waals surface area contributed by atoms with E-state index in [9.17, 15) is 4.79 Å². The third-order valence-electron chi connectivity index (χ3n) is 3.72. The van der Waals surface area contributed by atoms with Crippen LogP contribution >= 0.6 is 0 Å². The lowest BCUT2D eigenvalue weighted by molar-refractivity contribution is 0.169. The van der Waals surface area contributed by atoms with Crippen LogP contribution < -0.4 is 5.32 Å². The van der Waals surface area contributed by atoms with Crippen LogP contribution in [0.15, 0.2) is 0 Å². The third kappa shape index (κ3) is 6.81. The molecule has 0 saturated heterocycles. The Hall–Kier alpha value is -0.770. The number of nitrogens with one attached hydrogen (secondary N) is 1. The summed E-state index contributed by atoms with van der Waals surface area (Å²) < 4.78 is 0. The van der Waals surface area contributed by atoms with E-state index in [2.05, 4.69) is 24.3 Å². The first kappa shape index (κ1) is 16.3. The van der Waals surface area contributed by atoms with Gasteiger partial charge in [0, 0.05) is 25.7 Å². The Morgan fingerprint density at radius 3 is 2.32 bits per heavy atom. The van der Waals surface area contributed by atoms with Crippen molar-refractivity contribution in [3.05, 3.63) is 0 Å². The van der Waals surface area contributed by atoms with E-state index in [0.717, 1.165) is 19.6 Å². The van der Waals surface area contributed by atoms with Crippen molar-refractivity contribution in [1.82, 2.24) is 15.1 Å². The number of urea groups is 1. The summed E-state index contributed by atoms with van der Waals surface area (Å²) in [6.45, 7) is 6.71. The van der Waals surface area contributed by atoms with E-state index < -0.39 is 0 Å². The minimum atomic E-state index is 0.0995. The van der Waals surface area contributed by atoms with Crippen molar-refractivity contribution in [1.29, 1.82) is 0 Å². The van der Waals surface area contributed by atoms with E-state index in [4.69, 9.17) is 0 Å². The molecule has 1 saturated carbocycles. The molecule has 0 spiro atoms. The third-order valence-corrected chi connectivity index (χ3v) is 3.72. The van der Waals surface area contributed by atoms with E-state index in [-0.39, 0.29) is 12.1 Å². The highest BCUT2D eigenvalue weighted by molar-refractivity contribution is 5.74. The monoisotopic (exact) mass is 269 g/mol. The SMILES string of the molecule is CC(C)NC(=O)N(CCN(C)C)CC1CCCCC1. The quantitative estimate of drug-likeness (QED) is 0.804. The molecule has 4 nitrogen and oxygen atoms in total. The molecule has 1 rings (SSSR count). The zero-order valence-corrected chi connectivity index (χ0v) is 13.1. The average molecular weight is 269 g/mol. The van der Waals surface area contributed by atoms with Crippen molar-refractivity contribution in [2.75, 3.05) is 33.7 Å². The van der Waals surface area contributed by atoms with Gasteiger partial charge in [0.05, 0.1) is 0 Å². The molecule has 0 aromatic carbocycles. The Morgan fingerprint density at radius 2 is 1.79 bits per heavy atom. The highest BCUT2D eigenvalue weighted by Gasteiger charge is 2.21. The molecule has 0 unspecified atom stereocenters. The molecule has 19 heavy (non-hydrogen) atoms. The lowest BCUT2D eigenvalue weighted by Gasteiger charge is -2.31. The summed E-state index contributed by atoms with van der Waals surface area (Å²) >= 11 is 0. The Morgan fingerprint density at radius 1 is 1.16 bits per heavy atom. The molecule has 0 atom stereocenters. The highest BCUT2D eigenvalue weighted by Crippen LogP contribution is 2.24. The molecule has 1 aliphatic carbocycles. The molecule has 0 aromatic rings. The van der Waals surface area contributed by atoms with Crippen molar-refractivity contribution in [2.24, 2.45) is 5.92 Å². The van der Waals surface area contributed by atoms with Crippen LogP contribution in [-0.4, -0.2) is 55.6 Å². The summed E-state index contributed by atoms with van der Waals surface area (Å²) in [5, 5.41) is 3.02. The lowest BCUT2D eigenvalue weighted by Crippen LogP contribution is -2.47. The predicted octanol–water partition coefficient (Wildman–Crippen LogP) is 2.55. The number of nitrogens with zero attached hydrogens (tertiary/aromatic N) is 2. The van der Waals surface area contributed by atoms with Crippen molar-refractivity contribution < 1.29 is 4.79 Å². The van der Waals surface area contributed by atoms with Gasteiger partial charge in [-0.1, -0.05) is 19.3 Å². The highest BCUT2D eigenvalue weighted by atomic mass is 16.2. The van der Waals surface area contributed by atoms with Crippen LogP contribution in [0.1, 0.15) is 46.0 Å².